The lowest BCUT2D eigenvalue weighted by atomic mass is 9.95. The summed E-state index contributed by atoms with van der Waals surface area (Å²) < 4.78 is 6.49. The van der Waals surface area contributed by atoms with E-state index < -0.39 is 5.60 Å². The second-order valence-corrected chi connectivity index (χ2v) is 10.9. The Balaban J connectivity index is 1.49. The number of nitrogens with zero attached hydrogens (tertiary/aromatic N) is 1. The van der Waals surface area contributed by atoms with Crippen molar-refractivity contribution in [1.82, 2.24) is 10.2 Å². The van der Waals surface area contributed by atoms with Crippen LogP contribution in [-0.2, 0) is 11.2 Å². The van der Waals surface area contributed by atoms with E-state index in [9.17, 15) is 4.79 Å². The number of likely N-dealkylation sites (tertiary alicyclic amines) is 1. The summed E-state index contributed by atoms with van der Waals surface area (Å²) in [6, 6.07) is 9.36. The van der Waals surface area contributed by atoms with Gasteiger partial charge in [-0.1, -0.05) is 41.9 Å². The number of piperidine rings is 1. The van der Waals surface area contributed by atoms with Crippen LogP contribution in [0.5, 0.6) is 0 Å². The highest BCUT2D eigenvalue weighted by atomic mass is 79.9. The second kappa shape index (κ2) is 8.74. The fourth-order valence-electron chi connectivity index (χ4n) is 4.60. The number of halogens is 1. The van der Waals surface area contributed by atoms with E-state index in [0.29, 0.717) is 17.9 Å². The molecule has 1 aliphatic carbocycles. The molecule has 3 unspecified atom stereocenters. The minimum Gasteiger partial charge on any atom is -0.444 e. The Morgan fingerprint density at radius 3 is 2.36 bits per heavy atom. The number of alkyl carbamates (subject to hydrolysis) is 1. The maximum absolute atomic E-state index is 11.9. The first kappa shape index (κ1) is 21.6. The molecule has 156 valence electrons. The zero-order chi connectivity index (χ0) is 20.5. The molecule has 0 spiro atoms. The molecular weight excluding hydrogens is 416 g/mol. The zero-order valence-electron chi connectivity index (χ0n) is 17.9. The molecular formula is C23H35BrN2O2. The van der Waals surface area contributed by atoms with Crippen LogP contribution < -0.4 is 5.32 Å². The Labute approximate surface area is 178 Å². The van der Waals surface area contributed by atoms with E-state index in [1.807, 2.05) is 20.8 Å². The first-order valence-corrected chi connectivity index (χ1v) is 11.4. The summed E-state index contributed by atoms with van der Waals surface area (Å²) in [6.07, 6.45) is 2.06. The normalized spacial score (nSPS) is 25.5. The fraction of sp³-hybridized carbons (Fsp3) is 0.696. The molecule has 4 nitrogen and oxygen atoms in total. The minimum atomic E-state index is -0.433. The molecule has 1 N–H and O–H groups in total. The molecule has 0 bridgehead atoms. The summed E-state index contributed by atoms with van der Waals surface area (Å²) in [7, 11) is 0. The van der Waals surface area contributed by atoms with Crippen molar-refractivity contribution in [2.24, 2.45) is 23.7 Å². The van der Waals surface area contributed by atoms with Gasteiger partial charge in [0.15, 0.2) is 0 Å². The highest BCUT2D eigenvalue weighted by molar-refractivity contribution is 9.10. The van der Waals surface area contributed by atoms with E-state index in [0.717, 1.165) is 29.3 Å². The average Bonchev–Trinajstić information content (AvgIpc) is 3.02. The molecule has 1 aromatic carbocycles. The lowest BCUT2D eigenvalue weighted by Gasteiger charge is -2.31. The number of ether oxygens (including phenoxy) is 1. The van der Waals surface area contributed by atoms with Crippen LogP contribution in [0.25, 0.3) is 0 Å². The molecule has 0 aromatic heterocycles. The molecule has 1 saturated heterocycles. The van der Waals surface area contributed by atoms with Gasteiger partial charge in [0.2, 0.25) is 0 Å². The summed E-state index contributed by atoms with van der Waals surface area (Å²) >= 11 is 3.53. The average molecular weight is 451 g/mol. The molecule has 0 radical (unpaired) electrons. The van der Waals surface area contributed by atoms with Gasteiger partial charge in [-0.3, -0.25) is 4.90 Å². The third kappa shape index (κ3) is 5.96. The smallest absolute Gasteiger partial charge is 0.407 e. The zero-order valence-corrected chi connectivity index (χ0v) is 19.5. The molecule has 2 aliphatic rings. The van der Waals surface area contributed by atoms with E-state index in [1.54, 1.807) is 0 Å². The van der Waals surface area contributed by atoms with E-state index in [1.165, 1.54) is 25.1 Å². The highest BCUT2D eigenvalue weighted by Gasteiger charge is 2.56. The Morgan fingerprint density at radius 2 is 1.82 bits per heavy atom. The Bertz CT molecular complexity index is 656. The first-order chi connectivity index (χ1) is 13.1. The van der Waals surface area contributed by atoms with Crippen molar-refractivity contribution in [2.75, 3.05) is 19.6 Å². The minimum absolute atomic E-state index is 0.290. The van der Waals surface area contributed by atoms with Crippen molar-refractivity contribution in [3.8, 4) is 0 Å². The van der Waals surface area contributed by atoms with Crippen molar-refractivity contribution in [3.05, 3.63) is 34.3 Å². The molecule has 1 saturated carbocycles. The molecule has 1 aliphatic heterocycles. The van der Waals surface area contributed by atoms with Crippen LogP contribution in [0.3, 0.4) is 0 Å². The molecule has 3 rings (SSSR count). The van der Waals surface area contributed by atoms with E-state index in [-0.39, 0.29) is 6.09 Å². The lowest BCUT2D eigenvalue weighted by molar-refractivity contribution is 0.0521. The molecule has 1 amide bonds. The van der Waals surface area contributed by atoms with E-state index in [2.05, 4.69) is 64.3 Å². The van der Waals surface area contributed by atoms with Crippen LogP contribution in [0.15, 0.2) is 28.7 Å². The van der Waals surface area contributed by atoms with Gasteiger partial charge >= 0.3 is 6.09 Å². The first-order valence-electron chi connectivity index (χ1n) is 10.6. The number of nitrogens with one attached hydrogen (secondary N) is 1. The summed E-state index contributed by atoms with van der Waals surface area (Å²) in [5, 5.41) is 2.97. The monoisotopic (exact) mass is 450 g/mol. The highest BCUT2D eigenvalue weighted by Crippen LogP contribution is 2.52. The van der Waals surface area contributed by atoms with Crippen LogP contribution in [0.1, 0.15) is 46.6 Å². The van der Waals surface area contributed by atoms with Gasteiger partial charge in [0.25, 0.3) is 0 Å². The van der Waals surface area contributed by atoms with Gasteiger partial charge in [-0.15, -0.1) is 0 Å². The lowest BCUT2D eigenvalue weighted by Crippen LogP contribution is -2.39. The summed E-state index contributed by atoms with van der Waals surface area (Å²) in [6.45, 7) is 13.4. The molecule has 3 atom stereocenters. The number of carbonyl (C=O) groups excluding carboxylic acids is 1. The number of amides is 1. The van der Waals surface area contributed by atoms with Gasteiger partial charge in [-0.2, -0.15) is 0 Å². The fourth-order valence-corrected chi connectivity index (χ4v) is 4.86. The van der Waals surface area contributed by atoms with Crippen molar-refractivity contribution >= 4 is 22.0 Å². The summed E-state index contributed by atoms with van der Waals surface area (Å²) in [5.41, 5.74) is 0.981. The van der Waals surface area contributed by atoms with Gasteiger partial charge in [-0.05, 0) is 75.0 Å². The predicted molar refractivity (Wildman–Crippen MR) is 117 cm³/mol. The molecule has 2 fully saturated rings. The predicted octanol–water partition coefficient (Wildman–Crippen LogP) is 5.11. The topological polar surface area (TPSA) is 41.6 Å². The van der Waals surface area contributed by atoms with Gasteiger partial charge < -0.3 is 10.1 Å². The van der Waals surface area contributed by atoms with Gasteiger partial charge in [0, 0.05) is 30.1 Å². The standard InChI is InChI=1S/C23H35BrN2O2/c1-15(2)10-18(11-16-6-8-17(24)9-7-16)26-13-20-19(21(20)14-26)12-25-22(27)28-23(3,4)5/h6-9,15,18-21H,10-14H2,1-5H3,(H,25,27). The Kier molecular flexibility index (Phi) is 6.76. The third-order valence-electron chi connectivity index (χ3n) is 5.93. The van der Waals surface area contributed by atoms with E-state index >= 15 is 0 Å². The third-order valence-corrected chi connectivity index (χ3v) is 6.45. The number of hydrogen-bond donors (Lipinski definition) is 1. The largest absolute Gasteiger partial charge is 0.444 e. The van der Waals surface area contributed by atoms with Gasteiger partial charge in [0.05, 0.1) is 0 Å². The summed E-state index contributed by atoms with van der Waals surface area (Å²) in [5.74, 6) is 2.78. The molecule has 1 heterocycles. The number of fused-ring (bicyclic) bond motifs is 1. The Morgan fingerprint density at radius 1 is 1.21 bits per heavy atom. The van der Waals surface area contributed by atoms with Crippen molar-refractivity contribution in [1.29, 1.82) is 0 Å². The second-order valence-electron chi connectivity index (χ2n) is 9.94. The number of carbonyl (C=O) groups is 1. The molecule has 5 heteroatoms. The number of hydrogen-bond acceptors (Lipinski definition) is 3. The maximum Gasteiger partial charge on any atom is 0.407 e. The van der Waals surface area contributed by atoms with Crippen LogP contribution in [0.2, 0.25) is 0 Å². The van der Waals surface area contributed by atoms with Crippen molar-refractivity contribution in [2.45, 2.75) is 59.1 Å². The van der Waals surface area contributed by atoms with Crippen LogP contribution in [0.4, 0.5) is 4.79 Å². The molecule has 28 heavy (non-hydrogen) atoms. The SMILES string of the molecule is CC(C)CC(Cc1ccc(Br)cc1)N1CC2C(CNC(=O)OC(C)(C)C)C2C1. The quantitative estimate of drug-likeness (QED) is 0.627. The maximum atomic E-state index is 11.9. The van der Waals surface area contributed by atoms with Crippen LogP contribution in [0, 0.1) is 23.7 Å². The van der Waals surface area contributed by atoms with Crippen LogP contribution >= 0.6 is 15.9 Å². The van der Waals surface area contributed by atoms with Crippen molar-refractivity contribution < 1.29 is 9.53 Å². The van der Waals surface area contributed by atoms with Crippen LogP contribution in [-0.4, -0.2) is 42.3 Å². The Hall–Kier alpha value is -1.07. The summed E-state index contributed by atoms with van der Waals surface area (Å²) in [4.78, 5) is 14.6. The van der Waals surface area contributed by atoms with Crippen molar-refractivity contribution in [3.63, 3.8) is 0 Å². The molecule has 1 aromatic rings. The number of rotatable bonds is 7. The number of benzene rings is 1. The van der Waals surface area contributed by atoms with Gasteiger partial charge in [-0.25, -0.2) is 4.79 Å². The van der Waals surface area contributed by atoms with E-state index in [4.69, 9.17) is 4.74 Å². The van der Waals surface area contributed by atoms with Gasteiger partial charge in [0.1, 0.15) is 5.60 Å².